The number of carbonyl (C=O) groups excluding carboxylic acids is 1. The highest BCUT2D eigenvalue weighted by Crippen LogP contribution is 2.35. The Morgan fingerprint density at radius 1 is 1.28 bits per heavy atom. The van der Waals surface area contributed by atoms with Gasteiger partial charge in [-0.15, -0.1) is 22.7 Å². The van der Waals surface area contributed by atoms with Gasteiger partial charge in [0, 0.05) is 11.1 Å². The van der Waals surface area contributed by atoms with Gasteiger partial charge in [0.1, 0.15) is 26.4 Å². The van der Waals surface area contributed by atoms with Crippen molar-refractivity contribution in [1.29, 1.82) is 0 Å². The van der Waals surface area contributed by atoms with Crippen LogP contribution in [0, 0.1) is 20.8 Å². The van der Waals surface area contributed by atoms with Crippen molar-refractivity contribution in [2.75, 3.05) is 11.9 Å². The molecule has 0 saturated heterocycles. The molecule has 0 bridgehead atoms. The van der Waals surface area contributed by atoms with Crippen molar-refractivity contribution >= 4 is 44.7 Å². The number of anilines is 1. The molecule has 0 fully saturated rings. The van der Waals surface area contributed by atoms with Gasteiger partial charge in [-0.25, -0.2) is 19.7 Å². The van der Waals surface area contributed by atoms with Gasteiger partial charge in [0.05, 0.1) is 18.0 Å². The van der Waals surface area contributed by atoms with Crippen molar-refractivity contribution in [3.63, 3.8) is 0 Å². The third-order valence-corrected chi connectivity index (χ3v) is 5.99. The second-order valence-electron chi connectivity index (χ2n) is 5.75. The number of fused-ring (bicyclic) bond motifs is 1. The minimum Gasteiger partial charge on any atom is -0.462 e. The van der Waals surface area contributed by atoms with Crippen molar-refractivity contribution in [2.24, 2.45) is 0 Å². The molecule has 132 valence electrons. The van der Waals surface area contributed by atoms with Crippen LogP contribution in [0.2, 0.25) is 0 Å². The normalized spacial score (nSPS) is 12.4. The molecule has 0 aliphatic carbocycles. The molecule has 0 aliphatic heterocycles. The smallest absolute Gasteiger partial charge is 0.348 e. The summed E-state index contributed by atoms with van der Waals surface area (Å²) < 4.78 is 5.16. The maximum absolute atomic E-state index is 12.2. The largest absolute Gasteiger partial charge is 0.462 e. The maximum Gasteiger partial charge on any atom is 0.348 e. The van der Waals surface area contributed by atoms with E-state index in [0.717, 1.165) is 26.6 Å². The van der Waals surface area contributed by atoms with Crippen LogP contribution in [0.4, 0.5) is 5.82 Å². The molecule has 0 amide bonds. The van der Waals surface area contributed by atoms with Gasteiger partial charge in [-0.05, 0) is 40.2 Å². The quantitative estimate of drug-likeness (QED) is 0.664. The standard InChI is InChI=1S/C17H20N4O2S2/c1-6-23-17(22)13-9(3)12-14(20-11(5)21-16(12)25-13)19-10(4)15-18-7-8(2)24-15/h7,10H,6H2,1-5H3,(H,19,20,21). The minimum atomic E-state index is -0.310. The van der Waals surface area contributed by atoms with E-state index < -0.39 is 0 Å². The molecule has 8 heteroatoms. The topological polar surface area (TPSA) is 77.0 Å². The fraction of sp³-hybridized carbons (Fsp3) is 0.412. The zero-order valence-electron chi connectivity index (χ0n) is 14.8. The molecular weight excluding hydrogens is 356 g/mol. The van der Waals surface area contributed by atoms with Gasteiger partial charge in [-0.1, -0.05) is 0 Å². The summed E-state index contributed by atoms with van der Waals surface area (Å²) in [5, 5.41) is 5.31. The third kappa shape index (κ3) is 3.50. The number of thiophene rings is 1. The van der Waals surface area contributed by atoms with E-state index >= 15 is 0 Å². The highest BCUT2D eigenvalue weighted by atomic mass is 32.1. The number of hydrogen-bond acceptors (Lipinski definition) is 8. The number of nitrogens with one attached hydrogen (secondary N) is 1. The Kier molecular flexibility index (Phi) is 5.01. The van der Waals surface area contributed by atoms with Gasteiger partial charge in [-0.2, -0.15) is 0 Å². The first kappa shape index (κ1) is 17.8. The number of carbonyl (C=O) groups is 1. The lowest BCUT2D eigenvalue weighted by Crippen LogP contribution is -2.09. The number of thiazole rings is 1. The second kappa shape index (κ2) is 7.05. The highest BCUT2D eigenvalue weighted by Gasteiger charge is 2.22. The monoisotopic (exact) mass is 376 g/mol. The van der Waals surface area contributed by atoms with E-state index in [1.807, 2.05) is 27.0 Å². The Labute approximate surface area is 154 Å². The third-order valence-electron chi connectivity index (χ3n) is 3.73. The van der Waals surface area contributed by atoms with Gasteiger partial charge in [0.25, 0.3) is 0 Å². The average molecular weight is 377 g/mol. The Morgan fingerprint density at radius 3 is 2.68 bits per heavy atom. The molecule has 1 N–H and O–H groups in total. The van der Waals surface area contributed by atoms with Crippen LogP contribution < -0.4 is 5.32 Å². The van der Waals surface area contributed by atoms with E-state index in [9.17, 15) is 4.79 Å². The lowest BCUT2D eigenvalue weighted by Gasteiger charge is -2.13. The number of ether oxygens (including phenoxy) is 1. The average Bonchev–Trinajstić information content (AvgIpc) is 3.11. The van der Waals surface area contributed by atoms with E-state index in [1.54, 1.807) is 18.3 Å². The molecule has 3 aromatic rings. The number of esters is 1. The molecular formula is C17H20N4O2S2. The minimum absolute atomic E-state index is 0.0153. The zero-order chi connectivity index (χ0) is 18.1. The van der Waals surface area contributed by atoms with Crippen LogP contribution in [0.5, 0.6) is 0 Å². The molecule has 1 atom stereocenters. The Hall–Kier alpha value is -2.06. The first-order chi connectivity index (χ1) is 11.9. The van der Waals surface area contributed by atoms with Crippen LogP contribution in [0.1, 0.15) is 50.8 Å². The molecule has 3 heterocycles. The SMILES string of the molecule is CCOC(=O)c1sc2nc(C)nc(NC(C)c3ncc(C)s3)c2c1C. The molecule has 0 saturated carbocycles. The molecule has 0 aromatic carbocycles. The Morgan fingerprint density at radius 2 is 2.04 bits per heavy atom. The van der Waals surface area contributed by atoms with Gasteiger partial charge < -0.3 is 10.1 Å². The van der Waals surface area contributed by atoms with Crippen LogP contribution in [0.15, 0.2) is 6.20 Å². The van der Waals surface area contributed by atoms with Crippen LogP contribution in [0.25, 0.3) is 10.2 Å². The maximum atomic E-state index is 12.2. The zero-order valence-corrected chi connectivity index (χ0v) is 16.5. The van der Waals surface area contributed by atoms with Crippen molar-refractivity contribution in [1.82, 2.24) is 15.0 Å². The Bertz CT molecular complexity index is 932. The number of aryl methyl sites for hydroxylation is 3. The van der Waals surface area contributed by atoms with Crippen molar-refractivity contribution in [2.45, 2.75) is 40.7 Å². The predicted octanol–water partition coefficient (Wildman–Crippen LogP) is 4.42. The van der Waals surface area contributed by atoms with Gasteiger partial charge in [0.2, 0.25) is 0 Å². The number of aromatic nitrogens is 3. The van der Waals surface area contributed by atoms with Crippen molar-refractivity contribution in [3.8, 4) is 0 Å². The molecule has 25 heavy (non-hydrogen) atoms. The molecule has 0 spiro atoms. The molecule has 0 radical (unpaired) electrons. The molecule has 3 rings (SSSR count). The number of rotatable bonds is 5. The summed E-state index contributed by atoms with van der Waals surface area (Å²) in [6.07, 6.45) is 1.87. The molecule has 3 aromatic heterocycles. The molecule has 1 unspecified atom stereocenters. The van der Waals surface area contributed by atoms with E-state index in [2.05, 4.69) is 27.2 Å². The summed E-state index contributed by atoms with van der Waals surface area (Å²) in [7, 11) is 0. The van der Waals surface area contributed by atoms with Gasteiger partial charge >= 0.3 is 5.97 Å². The lowest BCUT2D eigenvalue weighted by atomic mass is 10.2. The van der Waals surface area contributed by atoms with E-state index in [1.165, 1.54) is 16.2 Å². The number of hydrogen-bond donors (Lipinski definition) is 1. The summed E-state index contributed by atoms with van der Waals surface area (Å²) in [5.74, 6) is 1.08. The van der Waals surface area contributed by atoms with Crippen LogP contribution in [-0.4, -0.2) is 27.5 Å². The lowest BCUT2D eigenvalue weighted by molar-refractivity contribution is 0.0531. The van der Waals surface area contributed by atoms with Gasteiger partial charge in [-0.3, -0.25) is 0 Å². The van der Waals surface area contributed by atoms with Crippen LogP contribution >= 0.6 is 22.7 Å². The Balaban J connectivity index is 2.03. The van der Waals surface area contributed by atoms with Crippen LogP contribution in [-0.2, 0) is 4.74 Å². The predicted molar refractivity (Wildman–Crippen MR) is 102 cm³/mol. The molecule has 6 nitrogen and oxygen atoms in total. The van der Waals surface area contributed by atoms with E-state index in [-0.39, 0.29) is 12.0 Å². The van der Waals surface area contributed by atoms with Crippen molar-refractivity contribution < 1.29 is 9.53 Å². The van der Waals surface area contributed by atoms with E-state index in [0.29, 0.717) is 17.3 Å². The summed E-state index contributed by atoms with van der Waals surface area (Å²) in [5.41, 5.74) is 0.850. The molecule has 0 aliphatic rings. The highest BCUT2D eigenvalue weighted by molar-refractivity contribution is 7.20. The van der Waals surface area contributed by atoms with Crippen molar-refractivity contribution in [3.05, 3.63) is 32.3 Å². The van der Waals surface area contributed by atoms with E-state index in [4.69, 9.17) is 4.74 Å². The summed E-state index contributed by atoms with van der Waals surface area (Å²) in [6, 6.07) is 0.0153. The summed E-state index contributed by atoms with van der Waals surface area (Å²) >= 11 is 3.01. The first-order valence-corrected chi connectivity index (χ1v) is 9.67. The summed E-state index contributed by atoms with van der Waals surface area (Å²) in [6.45, 7) is 10.00. The summed E-state index contributed by atoms with van der Waals surface area (Å²) in [4.78, 5) is 28.2. The number of nitrogens with zero attached hydrogens (tertiary/aromatic N) is 3. The second-order valence-corrected chi connectivity index (χ2v) is 8.02. The first-order valence-electron chi connectivity index (χ1n) is 8.04. The fourth-order valence-corrected chi connectivity index (χ4v) is 4.48. The fourth-order valence-electron chi connectivity index (χ4n) is 2.58. The van der Waals surface area contributed by atoms with Gasteiger partial charge in [0.15, 0.2) is 0 Å². The van der Waals surface area contributed by atoms with Crippen LogP contribution in [0.3, 0.4) is 0 Å².